The minimum Gasteiger partial charge on any atom is -0.493 e. The predicted molar refractivity (Wildman–Crippen MR) is 81.6 cm³/mol. The third kappa shape index (κ3) is 5.80. The van der Waals surface area contributed by atoms with Crippen molar-refractivity contribution in [1.29, 1.82) is 0 Å². The Balaban J connectivity index is 2.55. The van der Waals surface area contributed by atoms with E-state index < -0.39 is 0 Å². The molecule has 20 heavy (non-hydrogen) atoms. The van der Waals surface area contributed by atoms with Crippen molar-refractivity contribution in [1.82, 2.24) is 5.32 Å². The smallest absolute Gasteiger partial charge is 0.161 e. The second-order valence-corrected chi connectivity index (χ2v) is 4.72. The molecule has 1 N–H and O–H groups in total. The van der Waals surface area contributed by atoms with Crippen LogP contribution in [0.15, 0.2) is 18.2 Å². The molecule has 0 amide bonds. The van der Waals surface area contributed by atoms with E-state index in [1.54, 1.807) is 7.11 Å². The summed E-state index contributed by atoms with van der Waals surface area (Å²) in [7, 11) is 1.66. The summed E-state index contributed by atoms with van der Waals surface area (Å²) in [4.78, 5) is 0. The lowest BCUT2D eigenvalue weighted by Gasteiger charge is -2.14. The zero-order valence-electron chi connectivity index (χ0n) is 13.1. The molecule has 0 saturated heterocycles. The first kappa shape index (κ1) is 16.8. The van der Waals surface area contributed by atoms with Crippen LogP contribution in [0.4, 0.5) is 0 Å². The fraction of sp³-hybridized carbons (Fsp3) is 0.625. The van der Waals surface area contributed by atoms with Crippen LogP contribution < -0.4 is 14.8 Å². The average Bonchev–Trinajstić information content (AvgIpc) is 2.49. The van der Waals surface area contributed by atoms with E-state index in [-0.39, 0.29) is 0 Å². The molecular formula is C16H27NO3. The highest BCUT2D eigenvalue weighted by atomic mass is 16.5. The maximum Gasteiger partial charge on any atom is 0.161 e. The summed E-state index contributed by atoms with van der Waals surface area (Å²) in [6.07, 6.45) is 1.12. The maximum absolute atomic E-state index is 5.66. The van der Waals surface area contributed by atoms with Crippen LogP contribution in [0.2, 0.25) is 0 Å². The molecule has 1 atom stereocenters. The molecule has 114 valence electrons. The molecule has 0 radical (unpaired) electrons. The zero-order valence-corrected chi connectivity index (χ0v) is 13.1. The fourth-order valence-corrected chi connectivity index (χ4v) is 1.73. The second kappa shape index (κ2) is 9.61. The average molecular weight is 281 g/mol. The first-order valence-electron chi connectivity index (χ1n) is 7.32. The molecule has 0 saturated carbocycles. The van der Waals surface area contributed by atoms with Crippen molar-refractivity contribution >= 4 is 0 Å². The van der Waals surface area contributed by atoms with E-state index in [4.69, 9.17) is 14.2 Å². The lowest BCUT2D eigenvalue weighted by atomic mass is 10.2. The lowest BCUT2D eigenvalue weighted by molar-refractivity contribution is 0.109. The van der Waals surface area contributed by atoms with Crippen molar-refractivity contribution in [2.75, 3.05) is 26.9 Å². The third-order valence-corrected chi connectivity index (χ3v) is 3.18. The standard InChI is InChI=1S/C16H27NO3/c1-5-13(3)17-12-14-7-8-15(16(11-14)18-4)20-10-9-19-6-2/h7-8,11,13,17H,5-6,9-10,12H2,1-4H3. The zero-order chi connectivity index (χ0) is 14.8. The molecule has 0 aliphatic rings. The van der Waals surface area contributed by atoms with E-state index in [2.05, 4.69) is 25.2 Å². The van der Waals surface area contributed by atoms with Crippen LogP contribution in [0.3, 0.4) is 0 Å². The minimum atomic E-state index is 0.517. The molecule has 0 aliphatic heterocycles. The van der Waals surface area contributed by atoms with Crippen molar-refractivity contribution in [2.24, 2.45) is 0 Å². The summed E-state index contributed by atoms with van der Waals surface area (Å²) in [5.74, 6) is 1.53. The molecule has 0 fully saturated rings. The van der Waals surface area contributed by atoms with Crippen LogP contribution >= 0.6 is 0 Å². The fourth-order valence-electron chi connectivity index (χ4n) is 1.73. The Morgan fingerprint density at radius 2 is 1.95 bits per heavy atom. The molecule has 4 nitrogen and oxygen atoms in total. The molecule has 0 bridgehead atoms. The Hall–Kier alpha value is -1.26. The highest BCUT2D eigenvalue weighted by molar-refractivity contribution is 5.42. The molecule has 1 aromatic carbocycles. The molecule has 4 heteroatoms. The first-order valence-corrected chi connectivity index (χ1v) is 7.32. The summed E-state index contributed by atoms with van der Waals surface area (Å²) < 4.78 is 16.3. The van der Waals surface area contributed by atoms with Crippen LogP contribution in [0.1, 0.15) is 32.8 Å². The quantitative estimate of drug-likeness (QED) is 0.669. The van der Waals surface area contributed by atoms with Crippen molar-refractivity contribution in [3.8, 4) is 11.5 Å². The molecule has 1 unspecified atom stereocenters. The Morgan fingerprint density at radius 1 is 1.15 bits per heavy atom. The van der Waals surface area contributed by atoms with E-state index >= 15 is 0 Å². The van der Waals surface area contributed by atoms with Crippen molar-refractivity contribution in [3.63, 3.8) is 0 Å². The van der Waals surface area contributed by atoms with Crippen LogP contribution in [-0.4, -0.2) is 33.0 Å². The van der Waals surface area contributed by atoms with Gasteiger partial charge in [0, 0.05) is 19.2 Å². The summed E-state index contributed by atoms with van der Waals surface area (Å²) in [6.45, 7) is 9.01. The molecule has 0 aromatic heterocycles. The SMILES string of the molecule is CCOCCOc1ccc(CNC(C)CC)cc1OC. The van der Waals surface area contributed by atoms with Gasteiger partial charge in [-0.1, -0.05) is 13.0 Å². The Morgan fingerprint density at radius 3 is 2.60 bits per heavy atom. The van der Waals surface area contributed by atoms with Crippen LogP contribution in [-0.2, 0) is 11.3 Å². The minimum absolute atomic E-state index is 0.517. The van der Waals surface area contributed by atoms with Gasteiger partial charge in [-0.2, -0.15) is 0 Å². The molecule has 1 aromatic rings. The summed E-state index contributed by atoms with van der Waals surface area (Å²) in [6, 6.07) is 6.56. The van der Waals surface area contributed by atoms with Gasteiger partial charge in [-0.25, -0.2) is 0 Å². The maximum atomic E-state index is 5.66. The number of benzene rings is 1. The predicted octanol–water partition coefficient (Wildman–Crippen LogP) is 3.00. The number of nitrogens with one attached hydrogen (secondary N) is 1. The van der Waals surface area contributed by atoms with Gasteiger partial charge in [-0.3, -0.25) is 0 Å². The van der Waals surface area contributed by atoms with Gasteiger partial charge in [0.2, 0.25) is 0 Å². The van der Waals surface area contributed by atoms with Gasteiger partial charge in [0.25, 0.3) is 0 Å². The monoisotopic (exact) mass is 281 g/mol. The van der Waals surface area contributed by atoms with E-state index in [0.29, 0.717) is 25.9 Å². The number of hydrogen-bond acceptors (Lipinski definition) is 4. The highest BCUT2D eigenvalue weighted by Crippen LogP contribution is 2.28. The van der Waals surface area contributed by atoms with Gasteiger partial charge < -0.3 is 19.5 Å². The number of hydrogen-bond donors (Lipinski definition) is 1. The summed E-state index contributed by atoms with van der Waals surface area (Å²) in [5, 5.41) is 3.46. The molecular weight excluding hydrogens is 254 g/mol. The number of methoxy groups -OCH3 is 1. The lowest BCUT2D eigenvalue weighted by Crippen LogP contribution is -2.24. The van der Waals surface area contributed by atoms with Crippen molar-refractivity contribution in [2.45, 2.75) is 39.8 Å². The van der Waals surface area contributed by atoms with Gasteiger partial charge in [-0.05, 0) is 38.0 Å². The summed E-state index contributed by atoms with van der Waals surface area (Å²) in [5.41, 5.74) is 1.19. The van der Waals surface area contributed by atoms with Crippen LogP contribution in [0.5, 0.6) is 11.5 Å². The third-order valence-electron chi connectivity index (χ3n) is 3.18. The number of ether oxygens (including phenoxy) is 3. The normalized spacial score (nSPS) is 12.2. The van der Waals surface area contributed by atoms with E-state index in [1.165, 1.54) is 5.56 Å². The largest absolute Gasteiger partial charge is 0.493 e. The molecule has 0 heterocycles. The topological polar surface area (TPSA) is 39.7 Å². The first-order chi connectivity index (χ1) is 9.71. The highest BCUT2D eigenvalue weighted by Gasteiger charge is 2.06. The molecule has 0 spiro atoms. The summed E-state index contributed by atoms with van der Waals surface area (Å²) >= 11 is 0. The van der Waals surface area contributed by atoms with Gasteiger partial charge in [0.15, 0.2) is 11.5 Å². The van der Waals surface area contributed by atoms with E-state index in [1.807, 2.05) is 19.1 Å². The van der Waals surface area contributed by atoms with Crippen LogP contribution in [0, 0.1) is 0 Å². The van der Waals surface area contributed by atoms with Crippen molar-refractivity contribution in [3.05, 3.63) is 23.8 Å². The molecule has 1 rings (SSSR count). The second-order valence-electron chi connectivity index (χ2n) is 4.72. The van der Waals surface area contributed by atoms with E-state index in [9.17, 15) is 0 Å². The Kier molecular flexibility index (Phi) is 8.07. The number of rotatable bonds is 10. The Labute approximate surface area is 122 Å². The van der Waals surface area contributed by atoms with Gasteiger partial charge in [0.05, 0.1) is 13.7 Å². The van der Waals surface area contributed by atoms with Gasteiger partial charge in [-0.15, -0.1) is 0 Å². The van der Waals surface area contributed by atoms with E-state index in [0.717, 1.165) is 24.5 Å². The van der Waals surface area contributed by atoms with Crippen LogP contribution in [0.25, 0.3) is 0 Å². The van der Waals surface area contributed by atoms with Gasteiger partial charge in [0.1, 0.15) is 6.61 Å². The van der Waals surface area contributed by atoms with Crippen molar-refractivity contribution < 1.29 is 14.2 Å². The molecule has 0 aliphatic carbocycles. The van der Waals surface area contributed by atoms with Gasteiger partial charge >= 0.3 is 0 Å². The Bertz CT molecular complexity index is 382.